The minimum absolute atomic E-state index is 0.00949. The fourth-order valence-corrected chi connectivity index (χ4v) is 4.85. The Hall–Kier alpha value is -2.92. The molecule has 0 saturated heterocycles. The largest absolute Gasteiger partial charge is 0.506 e. The Balaban J connectivity index is 1.83. The Labute approximate surface area is 156 Å². The molecule has 0 saturated carbocycles. The number of H-pyrrole nitrogens is 1. The number of fused-ring (bicyclic) bond motifs is 1. The van der Waals surface area contributed by atoms with E-state index in [1.807, 2.05) is 41.8 Å². The molecule has 1 aromatic carbocycles. The minimum Gasteiger partial charge on any atom is -0.506 e. The Kier molecular flexibility index (Phi) is 4.09. The monoisotopic (exact) mass is 380 g/mol. The Morgan fingerprint density at radius 2 is 1.85 bits per heavy atom. The van der Waals surface area contributed by atoms with Crippen molar-refractivity contribution in [3.8, 4) is 32.7 Å². The van der Waals surface area contributed by atoms with Gasteiger partial charge in [-0.05, 0) is 23.3 Å². The van der Waals surface area contributed by atoms with E-state index in [0.717, 1.165) is 26.4 Å². The van der Waals surface area contributed by atoms with Gasteiger partial charge < -0.3 is 15.2 Å². The predicted octanol–water partition coefficient (Wildman–Crippen LogP) is 4.05. The third-order valence-corrected chi connectivity index (χ3v) is 6.19. The molecule has 0 aliphatic rings. The Morgan fingerprint density at radius 1 is 1.12 bits per heavy atom. The second kappa shape index (κ2) is 6.42. The van der Waals surface area contributed by atoms with E-state index >= 15 is 0 Å². The molecule has 0 atom stereocenters. The van der Waals surface area contributed by atoms with Crippen LogP contribution in [0.1, 0.15) is 11.1 Å². The zero-order valence-corrected chi connectivity index (χ0v) is 14.9. The second-order valence-corrected chi connectivity index (χ2v) is 7.63. The standard InChI is InChI=1S/C19H12N2O3S2/c20-7-12-17(23)16-13(9-25-19(16)21-18(12)24)15-6-5-14(26-15)11-3-1-10(8-22)2-4-11/h1-6,9,22H,8H2,(H2,21,23,24). The van der Waals surface area contributed by atoms with Crippen LogP contribution in [0.2, 0.25) is 0 Å². The number of aliphatic hydroxyl groups is 1. The molecular formula is C19H12N2O3S2. The van der Waals surface area contributed by atoms with Crippen LogP contribution in [0, 0.1) is 11.3 Å². The average Bonchev–Trinajstić information content (AvgIpc) is 3.29. The number of hydrogen-bond donors (Lipinski definition) is 3. The highest BCUT2D eigenvalue weighted by atomic mass is 32.1. The van der Waals surface area contributed by atoms with E-state index in [1.54, 1.807) is 17.4 Å². The van der Waals surface area contributed by atoms with Gasteiger partial charge in [0.2, 0.25) is 0 Å². The van der Waals surface area contributed by atoms with Crippen LogP contribution in [0.25, 0.3) is 31.1 Å². The molecule has 4 rings (SSSR count). The van der Waals surface area contributed by atoms with Crippen LogP contribution in [-0.4, -0.2) is 15.2 Å². The first-order valence-electron chi connectivity index (χ1n) is 7.69. The lowest BCUT2D eigenvalue weighted by atomic mass is 10.1. The lowest BCUT2D eigenvalue weighted by Gasteiger charge is -2.01. The van der Waals surface area contributed by atoms with Crippen LogP contribution in [-0.2, 0) is 6.61 Å². The summed E-state index contributed by atoms with van der Waals surface area (Å²) < 4.78 is 0. The number of aliphatic hydroxyl groups excluding tert-OH is 1. The van der Waals surface area contributed by atoms with Crippen LogP contribution < -0.4 is 5.56 Å². The van der Waals surface area contributed by atoms with Crippen LogP contribution in [0.5, 0.6) is 5.75 Å². The van der Waals surface area contributed by atoms with Crippen molar-refractivity contribution >= 4 is 32.9 Å². The molecule has 3 aromatic heterocycles. The number of rotatable bonds is 3. The number of nitrogens with one attached hydrogen (secondary N) is 1. The van der Waals surface area contributed by atoms with Gasteiger partial charge in [-0.2, -0.15) is 5.26 Å². The summed E-state index contributed by atoms with van der Waals surface area (Å²) in [6.07, 6.45) is 0. The van der Waals surface area contributed by atoms with Crippen LogP contribution in [0.4, 0.5) is 0 Å². The van der Waals surface area contributed by atoms with Gasteiger partial charge in [0.15, 0.2) is 5.56 Å². The van der Waals surface area contributed by atoms with E-state index in [2.05, 4.69) is 4.98 Å². The minimum atomic E-state index is -0.582. The van der Waals surface area contributed by atoms with E-state index in [-0.39, 0.29) is 17.9 Å². The van der Waals surface area contributed by atoms with Crippen molar-refractivity contribution in [2.24, 2.45) is 0 Å². The molecule has 3 N–H and O–H groups in total. The van der Waals surface area contributed by atoms with Gasteiger partial charge in [-0.15, -0.1) is 22.7 Å². The number of aromatic amines is 1. The first-order chi connectivity index (χ1) is 12.6. The lowest BCUT2D eigenvalue weighted by Crippen LogP contribution is -2.09. The van der Waals surface area contributed by atoms with Crippen molar-refractivity contribution in [3.05, 3.63) is 63.3 Å². The molecule has 0 radical (unpaired) electrons. The lowest BCUT2D eigenvalue weighted by molar-refractivity contribution is 0.282. The van der Waals surface area contributed by atoms with Crippen molar-refractivity contribution in [1.82, 2.24) is 4.98 Å². The third kappa shape index (κ3) is 2.61. The number of thiophene rings is 2. The maximum absolute atomic E-state index is 11.8. The van der Waals surface area contributed by atoms with Gasteiger partial charge in [0.25, 0.3) is 5.56 Å². The summed E-state index contributed by atoms with van der Waals surface area (Å²) >= 11 is 2.88. The van der Waals surface area contributed by atoms with E-state index in [0.29, 0.717) is 10.2 Å². The van der Waals surface area contributed by atoms with E-state index in [1.165, 1.54) is 11.3 Å². The number of nitriles is 1. The first kappa shape index (κ1) is 16.5. The summed E-state index contributed by atoms with van der Waals surface area (Å²) in [5.41, 5.74) is 1.83. The van der Waals surface area contributed by atoms with E-state index in [4.69, 9.17) is 10.4 Å². The highest BCUT2D eigenvalue weighted by Gasteiger charge is 2.18. The molecule has 26 heavy (non-hydrogen) atoms. The van der Waals surface area contributed by atoms with Gasteiger partial charge in [-0.25, -0.2) is 0 Å². The summed E-state index contributed by atoms with van der Waals surface area (Å²) in [7, 11) is 0. The Bertz CT molecular complexity index is 1210. The molecule has 0 amide bonds. The second-order valence-electron chi connectivity index (χ2n) is 5.66. The molecule has 0 spiro atoms. The quantitative estimate of drug-likeness (QED) is 0.499. The third-order valence-electron chi connectivity index (χ3n) is 4.12. The SMILES string of the molecule is N#Cc1c(O)c2c(-c3ccc(-c4ccc(CO)cc4)s3)csc2[nH]c1=O. The Morgan fingerprint density at radius 3 is 2.54 bits per heavy atom. The van der Waals surface area contributed by atoms with Crippen molar-refractivity contribution in [2.45, 2.75) is 6.61 Å². The molecule has 0 aliphatic carbocycles. The van der Waals surface area contributed by atoms with Gasteiger partial charge in [-0.1, -0.05) is 24.3 Å². The topological polar surface area (TPSA) is 97.1 Å². The molecule has 0 unspecified atom stereocenters. The summed E-state index contributed by atoms with van der Waals surface area (Å²) in [6.45, 7) is 0.00949. The van der Waals surface area contributed by atoms with Crippen LogP contribution in [0.15, 0.2) is 46.6 Å². The normalized spacial score (nSPS) is 10.9. The number of benzene rings is 1. The van der Waals surface area contributed by atoms with E-state index in [9.17, 15) is 9.90 Å². The maximum Gasteiger partial charge on any atom is 0.270 e. The summed E-state index contributed by atoms with van der Waals surface area (Å²) in [6, 6.07) is 13.4. The maximum atomic E-state index is 11.8. The average molecular weight is 380 g/mol. The van der Waals surface area contributed by atoms with Crippen LogP contribution in [0.3, 0.4) is 0 Å². The summed E-state index contributed by atoms with van der Waals surface area (Å²) in [5.74, 6) is -0.273. The fraction of sp³-hybridized carbons (Fsp3) is 0.0526. The van der Waals surface area contributed by atoms with Crippen molar-refractivity contribution in [2.75, 3.05) is 0 Å². The fourth-order valence-electron chi connectivity index (χ4n) is 2.78. The molecular weight excluding hydrogens is 368 g/mol. The molecule has 0 fully saturated rings. The van der Waals surface area contributed by atoms with Crippen LogP contribution >= 0.6 is 22.7 Å². The highest BCUT2D eigenvalue weighted by molar-refractivity contribution is 7.20. The molecule has 7 heteroatoms. The van der Waals surface area contributed by atoms with Gasteiger partial charge >= 0.3 is 0 Å². The first-order valence-corrected chi connectivity index (χ1v) is 9.39. The number of nitrogens with zero attached hydrogens (tertiary/aromatic N) is 1. The van der Waals surface area contributed by atoms with Gasteiger partial charge in [0.1, 0.15) is 16.6 Å². The zero-order chi connectivity index (χ0) is 18.3. The molecule has 128 valence electrons. The molecule has 4 aromatic rings. The van der Waals surface area contributed by atoms with Gasteiger partial charge in [-0.3, -0.25) is 4.79 Å². The molecule has 0 bridgehead atoms. The van der Waals surface area contributed by atoms with Crippen molar-refractivity contribution in [1.29, 1.82) is 5.26 Å². The molecule has 5 nitrogen and oxygen atoms in total. The molecule has 0 aliphatic heterocycles. The summed E-state index contributed by atoms with van der Waals surface area (Å²) in [5, 5.41) is 31.0. The molecule has 3 heterocycles. The predicted molar refractivity (Wildman–Crippen MR) is 103 cm³/mol. The van der Waals surface area contributed by atoms with Gasteiger partial charge in [0.05, 0.1) is 12.0 Å². The van der Waals surface area contributed by atoms with Crippen molar-refractivity contribution < 1.29 is 10.2 Å². The van der Waals surface area contributed by atoms with Gasteiger partial charge in [0, 0.05) is 20.7 Å². The number of pyridine rings is 1. The van der Waals surface area contributed by atoms with Crippen molar-refractivity contribution in [3.63, 3.8) is 0 Å². The highest BCUT2D eigenvalue weighted by Crippen LogP contribution is 2.43. The smallest absolute Gasteiger partial charge is 0.270 e. The summed E-state index contributed by atoms with van der Waals surface area (Å²) in [4.78, 5) is 17.0. The number of hydrogen-bond acceptors (Lipinski definition) is 6. The zero-order valence-electron chi connectivity index (χ0n) is 13.3. The number of aromatic nitrogens is 1. The van der Waals surface area contributed by atoms with E-state index < -0.39 is 5.56 Å². The number of aromatic hydroxyl groups is 1.